The Morgan fingerprint density at radius 1 is 0.793 bits per heavy atom. The molecule has 7 nitrogen and oxygen atoms in total. The highest BCUT2D eigenvalue weighted by atomic mass is 16.5. The van der Waals surface area contributed by atoms with Crippen LogP contribution in [0.15, 0.2) is 30.3 Å². The molecule has 0 bridgehead atoms. The van der Waals surface area contributed by atoms with Crippen LogP contribution >= 0.6 is 0 Å². The van der Waals surface area contributed by atoms with Crippen molar-refractivity contribution < 1.29 is 9.47 Å². The van der Waals surface area contributed by atoms with Gasteiger partial charge in [-0.3, -0.25) is 4.90 Å². The summed E-state index contributed by atoms with van der Waals surface area (Å²) in [4.78, 5) is 7.14. The molecule has 0 radical (unpaired) electrons. The van der Waals surface area contributed by atoms with Gasteiger partial charge in [0.15, 0.2) is 11.6 Å². The summed E-state index contributed by atoms with van der Waals surface area (Å²) < 4.78 is 11.0. The van der Waals surface area contributed by atoms with Gasteiger partial charge in [0.25, 0.3) is 0 Å². The van der Waals surface area contributed by atoms with Gasteiger partial charge >= 0.3 is 0 Å². The van der Waals surface area contributed by atoms with Crippen molar-refractivity contribution in [2.45, 2.75) is 12.8 Å². The minimum atomic E-state index is 0.768. The number of anilines is 2. The first-order chi connectivity index (χ1) is 14.3. The monoisotopic (exact) mass is 395 g/mol. The highest BCUT2D eigenvalue weighted by Crippen LogP contribution is 2.26. The molecule has 4 heterocycles. The van der Waals surface area contributed by atoms with E-state index in [1.807, 2.05) is 0 Å². The van der Waals surface area contributed by atoms with Gasteiger partial charge in [0.1, 0.15) is 5.75 Å². The van der Waals surface area contributed by atoms with Crippen LogP contribution in [-0.4, -0.2) is 80.7 Å². The van der Waals surface area contributed by atoms with E-state index in [2.05, 4.69) is 55.2 Å². The number of hydrogen-bond acceptors (Lipinski definition) is 7. The number of piperazine rings is 1. The summed E-state index contributed by atoms with van der Waals surface area (Å²) in [5.41, 5.74) is 2.78. The number of hydrogen-bond donors (Lipinski definition) is 0. The second-order valence-electron chi connectivity index (χ2n) is 7.97. The predicted octanol–water partition coefficient (Wildman–Crippen LogP) is 1.61. The maximum Gasteiger partial charge on any atom is 0.151 e. The molecule has 3 aliphatic rings. The number of rotatable bonds is 5. The largest absolute Gasteiger partial charge is 0.493 e. The van der Waals surface area contributed by atoms with Crippen molar-refractivity contribution in [3.8, 4) is 5.75 Å². The topological polar surface area (TPSA) is 54.0 Å². The molecular weight excluding hydrogens is 366 g/mol. The zero-order valence-electron chi connectivity index (χ0n) is 16.9. The molecule has 1 aromatic carbocycles. The molecule has 7 heteroatoms. The summed E-state index contributed by atoms with van der Waals surface area (Å²) in [6.45, 7) is 9.41. The molecular formula is C22H29N5O2. The van der Waals surface area contributed by atoms with Crippen molar-refractivity contribution in [3.63, 3.8) is 0 Å². The van der Waals surface area contributed by atoms with Gasteiger partial charge < -0.3 is 19.3 Å². The van der Waals surface area contributed by atoms with E-state index in [0.717, 1.165) is 95.9 Å². The molecule has 2 saturated heterocycles. The van der Waals surface area contributed by atoms with Gasteiger partial charge in [-0.05, 0) is 35.7 Å². The summed E-state index contributed by atoms with van der Waals surface area (Å²) >= 11 is 0. The van der Waals surface area contributed by atoms with Crippen LogP contribution in [0.2, 0.25) is 0 Å². The minimum Gasteiger partial charge on any atom is -0.493 e. The molecule has 0 spiro atoms. The predicted molar refractivity (Wildman–Crippen MR) is 113 cm³/mol. The fourth-order valence-corrected chi connectivity index (χ4v) is 4.33. The fourth-order valence-electron chi connectivity index (χ4n) is 4.33. The summed E-state index contributed by atoms with van der Waals surface area (Å²) in [6.07, 6.45) is 2.15. The number of morpholine rings is 1. The average molecular weight is 396 g/mol. The number of nitrogens with zero attached hydrogens (tertiary/aromatic N) is 5. The van der Waals surface area contributed by atoms with Gasteiger partial charge in [0.2, 0.25) is 0 Å². The second-order valence-corrected chi connectivity index (χ2v) is 7.97. The Kier molecular flexibility index (Phi) is 5.49. The molecule has 0 N–H and O–H groups in total. The highest BCUT2D eigenvalue weighted by Gasteiger charge is 2.20. The van der Waals surface area contributed by atoms with E-state index in [-0.39, 0.29) is 0 Å². The van der Waals surface area contributed by atoms with Gasteiger partial charge in [-0.1, -0.05) is 12.1 Å². The van der Waals surface area contributed by atoms with E-state index in [0.29, 0.717) is 0 Å². The van der Waals surface area contributed by atoms with Gasteiger partial charge in [-0.15, -0.1) is 10.2 Å². The van der Waals surface area contributed by atoms with E-state index in [9.17, 15) is 0 Å². The molecule has 2 aromatic rings. The third-order valence-corrected chi connectivity index (χ3v) is 6.14. The van der Waals surface area contributed by atoms with Gasteiger partial charge in [-0.25, -0.2) is 0 Å². The lowest BCUT2D eigenvalue weighted by Crippen LogP contribution is -2.47. The molecule has 0 aliphatic carbocycles. The Balaban J connectivity index is 1.10. The molecule has 3 aliphatic heterocycles. The third-order valence-electron chi connectivity index (χ3n) is 6.14. The first kappa shape index (κ1) is 18.6. The van der Waals surface area contributed by atoms with Crippen LogP contribution in [-0.2, 0) is 17.6 Å². The van der Waals surface area contributed by atoms with Crippen molar-refractivity contribution in [1.29, 1.82) is 0 Å². The number of aromatic nitrogens is 2. The zero-order chi connectivity index (χ0) is 19.5. The maximum atomic E-state index is 5.61. The maximum absolute atomic E-state index is 5.61. The quantitative estimate of drug-likeness (QED) is 0.762. The molecule has 5 rings (SSSR count). The van der Waals surface area contributed by atoms with Crippen LogP contribution in [0.5, 0.6) is 5.75 Å². The molecule has 0 saturated carbocycles. The van der Waals surface area contributed by atoms with Crippen LogP contribution in [0.25, 0.3) is 0 Å². The summed E-state index contributed by atoms with van der Waals surface area (Å²) in [5, 5.41) is 8.95. The van der Waals surface area contributed by atoms with Gasteiger partial charge in [-0.2, -0.15) is 0 Å². The van der Waals surface area contributed by atoms with Crippen molar-refractivity contribution in [1.82, 2.24) is 15.1 Å². The molecule has 0 atom stereocenters. The highest BCUT2D eigenvalue weighted by molar-refractivity contribution is 5.45. The molecule has 154 valence electrons. The van der Waals surface area contributed by atoms with Crippen LogP contribution in [0, 0.1) is 0 Å². The first-order valence-electron chi connectivity index (χ1n) is 10.7. The summed E-state index contributed by atoms with van der Waals surface area (Å²) in [7, 11) is 0. The smallest absolute Gasteiger partial charge is 0.151 e. The SMILES string of the molecule is c1cc2c(cc1CCN1CCN(c3ccc(N4CCOCC4)nn3)CC1)CCO2. The van der Waals surface area contributed by atoms with Crippen molar-refractivity contribution in [2.24, 2.45) is 0 Å². The minimum absolute atomic E-state index is 0.768. The molecule has 0 amide bonds. The number of benzene rings is 1. The van der Waals surface area contributed by atoms with E-state index >= 15 is 0 Å². The van der Waals surface area contributed by atoms with Crippen molar-refractivity contribution in [3.05, 3.63) is 41.5 Å². The second kappa shape index (κ2) is 8.55. The summed E-state index contributed by atoms with van der Waals surface area (Å²) in [5.74, 6) is 3.01. The fraction of sp³-hybridized carbons (Fsp3) is 0.545. The lowest BCUT2D eigenvalue weighted by atomic mass is 10.1. The van der Waals surface area contributed by atoms with Crippen molar-refractivity contribution in [2.75, 3.05) is 75.4 Å². The van der Waals surface area contributed by atoms with Crippen LogP contribution in [0.1, 0.15) is 11.1 Å². The Bertz CT molecular complexity index is 814. The lowest BCUT2D eigenvalue weighted by molar-refractivity contribution is 0.122. The number of fused-ring (bicyclic) bond motifs is 1. The Morgan fingerprint density at radius 3 is 2.24 bits per heavy atom. The summed E-state index contributed by atoms with van der Waals surface area (Å²) in [6, 6.07) is 10.9. The third kappa shape index (κ3) is 4.31. The van der Waals surface area contributed by atoms with E-state index in [4.69, 9.17) is 9.47 Å². The number of ether oxygens (including phenoxy) is 2. The van der Waals surface area contributed by atoms with Gasteiger partial charge in [0, 0.05) is 52.2 Å². The Labute approximate surface area is 172 Å². The lowest BCUT2D eigenvalue weighted by Gasteiger charge is -2.35. The zero-order valence-corrected chi connectivity index (χ0v) is 16.9. The van der Waals surface area contributed by atoms with Crippen LogP contribution in [0.3, 0.4) is 0 Å². The molecule has 2 fully saturated rings. The Morgan fingerprint density at radius 2 is 1.52 bits per heavy atom. The molecule has 1 aromatic heterocycles. The van der Waals surface area contributed by atoms with Crippen LogP contribution < -0.4 is 14.5 Å². The van der Waals surface area contributed by atoms with Gasteiger partial charge in [0.05, 0.1) is 19.8 Å². The average Bonchev–Trinajstić information content (AvgIpc) is 3.27. The standard InChI is InChI=1S/C22H29N5O2/c1-2-20-19(6-14-29-20)17-18(1)5-7-25-8-10-26(11-9-25)21-3-4-22(24-23-21)27-12-15-28-16-13-27/h1-4,17H,5-16H2. The van der Waals surface area contributed by atoms with Crippen molar-refractivity contribution >= 4 is 11.6 Å². The van der Waals surface area contributed by atoms with E-state index < -0.39 is 0 Å². The first-order valence-corrected chi connectivity index (χ1v) is 10.7. The van der Waals surface area contributed by atoms with Crippen LogP contribution in [0.4, 0.5) is 11.6 Å². The van der Waals surface area contributed by atoms with E-state index in [1.165, 1.54) is 11.1 Å². The van der Waals surface area contributed by atoms with E-state index in [1.54, 1.807) is 0 Å². The Hall–Kier alpha value is -2.38. The molecule has 0 unspecified atom stereocenters. The molecule has 29 heavy (non-hydrogen) atoms. The normalized spacial score (nSPS) is 19.9.